The third-order valence-electron chi connectivity index (χ3n) is 7.65. The maximum Gasteiger partial charge on any atom is 0.265 e. The van der Waals surface area contributed by atoms with Crippen LogP contribution in [0.15, 0.2) is 59.5 Å². The van der Waals surface area contributed by atoms with Crippen LogP contribution in [-0.2, 0) is 26.2 Å². The van der Waals surface area contributed by atoms with Crippen molar-refractivity contribution in [2.24, 2.45) is 0 Å². The topological polar surface area (TPSA) is 124 Å². The third-order valence-corrected chi connectivity index (χ3v) is 10.1. The monoisotopic (exact) mass is 709 g/mol. The van der Waals surface area contributed by atoms with Crippen LogP contribution >= 0.6 is 23.2 Å². The van der Waals surface area contributed by atoms with Gasteiger partial charge in [0.05, 0.1) is 39.0 Å². The highest BCUT2D eigenvalue weighted by Gasteiger charge is 2.36. The molecule has 0 fully saturated rings. The summed E-state index contributed by atoms with van der Waals surface area (Å²) >= 11 is 13.0. The summed E-state index contributed by atoms with van der Waals surface area (Å²) in [5, 5.41) is 3.51. The number of sulfonamides is 1. The van der Waals surface area contributed by atoms with Crippen molar-refractivity contribution in [1.29, 1.82) is 0 Å². The Morgan fingerprint density at radius 3 is 2.00 bits per heavy atom. The van der Waals surface area contributed by atoms with E-state index in [4.69, 9.17) is 42.1 Å². The minimum Gasteiger partial charge on any atom is -0.497 e. The van der Waals surface area contributed by atoms with E-state index in [1.54, 1.807) is 31.2 Å². The Bertz CT molecular complexity index is 1650. The van der Waals surface area contributed by atoms with E-state index in [1.165, 1.54) is 63.7 Å². The number of halogens is 2. The van der Waals surface area contributed by atoms with Crippen molar-refractivity contribution >= 4 is 50.7 Å². The van der Waals surface area contributed by atoms with Crippen LogP contribution in [0.4, 0.5) is 5.69 Å². The molecule has 0 aliphatic heterocycles. The fourth-order valence-corrected chi connectivity index (χ4v) is 6.77. The Labute approximate surface area is 286 Å². The van der Waals surface area contributed by atoms with Crippen molar-refractivity contribution in [2.45, 2.75) is 57.1 Å². The summed E-state index contributed by atoms with van der Waals surface area (Å²) in [6.07, 6.45) is 0.889. The zero-order chi connectivity index (χ0) is 34.9. The molecule has 2 atom stereocenters. The molecule has 256 valence electrons. The summed E-state index contributed by atoms with van der Waals surface area (Å²) in [4.78, 5) is 29.2. The second-order valence-corrected chi connectivity index (χ2v) is 13.2. The minimum atomic E-state index is -4.50. The number of nitrogens with zero attached hydrogens (tertiary/aromatic N) is 2. The first-order valence-electron chi connectivity index (χ1n) is 14.9. The smallest absolute Gasteiger partial charge is 0.265 e. The van der Waals surface area contributed by atoms with Crippen LogP contribution in [0.1, 0.15) is 39.2 Å². The van der Waals surface area contributed by atoms with Gasteiger partial charge in [-0.3, -0.25) is 13.9 Å². The predicted molar refractivity (Wildman–Crippen MR) is 183 cm³/mol. The SMILES string of the molecule is CC[C@@H](C)NC(=O)[C@H](CC)N(Cc1c(Cl)cccc1Cl)C(=O)CN(c1cc(OC)ccc1OC)S(=O)(=O)c1ccc(OC)c(OC)c1. The van der Waals surface area contributed by atoms with E-state index in [0.717, 1.165) is 4.31 Å². The molecule has 14 heteroatoms. The number of benzene rings is 3. The van der Waals surface area contributed by atoms with Crippen LogP contribution < -0.4 is 28.6 Å². The molecule has 3 aromatic rings. The quantitative estimate of drug-likeness (QED) is 0.194. The zero-order valence-corrected chi connectivity index (χ0v) is 29.8. The number of methoxy groups -OCH3 is 4. The molecule has 0 aliphatic rings. The molecule has 11 nitrogen and oxygen atoms in total. The lowest BCUT2D eigenvalue weighted by Crippen LogP contribution is -2.53. The molecular weight excluding hydrogens is 669 g/mol. The van der Waals surface area contributed by atoms with Gasteiger partial charge in [0.2, 0.25) is 11.8 Å². The maximum absolute atomic E-state index is 14.5. The molecule has 47 heavy (non-hydrogen) atoms. The fraction of sp³-hybridized carbons (Fsp3) is 0.394. The first-order chi connectivity index (χ1) is 22.4. The van der Waals surface area contributed by atoms with Crippen molar-refractivity contribution in [1.82, 2.24) is 10.2 Å². The number of amides is 2. The molecular formula is C33H41Cl2N3O8S. The number of carbonyl (C=O) groups is 2. The van der Waals surface area contributed by atoms with E-state index in [2.05, 4.69) is 5.32 Å². The first-order valence-corrected chi connectivity index (χ1v) is 17.1. The normalized spacial score (nSPS) is 12.4. The van der Waals surface area contributed by atoms with E-state index in [0.29, 0.717) is 23.5 Å². The van der Waals surface area contributed by atoms with Gasteiger partial charge in [-0.2, -0.15) is 0 Å². The molecule has 0 unspecified atom stereocenters. The van der Waals surface area contributed by atoms with Gasteiger partial charge in [0.15, 0.2) is 11.5 Å². The summed E-state index contributed by atoms with van der Waals surface area (Å²) in [6.45, 7) is 4.65. The second kappa shape index (κ2) is 16.8. The van der Waals surface area contributed by atoms with Gasteiger partial charge in [-0.25, -0.2) is 8.42 Å². The van der Waals surface area contributed by atoms with Gasteiger partial charge < -0.3 is 29.2 Å². The standard InChI is InChI=1S/C33H41Cl2N3O8S/c1-8-21(3)36-33(40)27(9-2)37(19-24-25(34)11-10-12-26(24)35)32(39)20-38(28-17-22(43-4)13-15-29(28)44-5)47(41,42)23-14-16-30(45-6)31(18-23)46-7/h10-18,21,27H,8-9,19-20H2,1-7H3,(H,36,40)/t21-,27+/m1/s1. The van der Waals surface area contributed by atoms with Gasteiger partial charge in [0, 0.05) is 40.3 Å². The van der Waals surface area contributed by atoms with Crippen LogP contribution in [0.2, 0.25) is 10.0 Å². The predicted octanol–water partition coefficient (Wildman–Crippen LogP) is 5.95. The summed E-state index contributed by atoms with van der Waals surface area (Å²) in [6, 6.07) is 12.4. The second-order valence-electron chi connectivity index (χ2n) is 10.5. The Balaban J connectivity index is 2.23. The summed E-state index contributed by atoms with van der Waals surface area (Å²) in [7, 11) is 1.12. The van der Waals surface area contributed by atoms with E-state index in [-0.39, 0.29) is 51.1 Å². The van der Waals surface area contributed by atoms with E-state index in [9.17, 15) is 18.0 Å². The van der Waals surface area contributed by atoms with Crippen LogP contribution in [0.5, 0.6) is 23.0 Å². The van der Waals surface area contributed by atoms with Crippen molar-refractivity contribution < 1.29 is 37.0 Å². The molecule has 1 N–H and O–H groups in total. The van der Waals surface area contributed by atoms with Crippen LogP contribution in [0.25, 0.3) is 0 Å². The highest BCUT2D eigenvalue weighted by atomic mass is 35.5. The van der Waals surface area contributed by atoms with E-state index in [1.807, 2.05) is 13.8 Å². The third kappa shape index (κ3) is 8.74. The minimum absolute atomic E-state index is 0.0304. The molecule has 0 bridgehead atoms. The summed E-state index contributed by atoms with van der Waals surface area (Å²) in [5.74, 6) is -0.133. The Morgan fingerprint density at radius 1 is 0.830 bits per heavy atom. The number of carbonyl (C=O) groups excluding carboxylic acids is 2. The van der Waals surface area contributed by atoms with Gasteiger partial charge in [-0.05, 0) is 56.2 Å². The van der Waals surface area contributed by atoms with Gasteiger partial charge in [0.25, 0.3) is 10.0 Å². The molecule has 0 saturated carbocycles. The molecule has 0 spiro atoms. The van der Waals surface area contributed by atoms with E-state index >= 15 is 0 Å². The van der Waals surface area contributed by atoms with Gasteiger partial charge in [-0.15, -0.1) is 0 Å². The molecule has 3 aromatic carbocycles. The molecule has 3 rings (SSSR count). The van der Waals surface area contributed by atoms with Gasteiger partial charge in [0.1, 0.15) is 24.1 Å². The van der Waals surface area contributed by atoms with Crippen molar-refractivity contribution in [2.75, 3.05) is 39.3 Å². The highest BCUT2D eigenvalue weighted by Crippen LogP contribution is 2.38. The number of ether oxygens (including phenoxy) is 4. The van der Waals surface area contributed by atoms with E-state index < -0.39 is 34.4 Å². The largest absolute Gasteiger partial charge is 0.497 e. The average Bonchev–Trinajstić information content (AvgIpc) is 3.07. The lowest BCUT2D eigenvalue weighted by atomic mass is 10.1. The summed E-state index contributed by atoms with van der Waals surface area (Å²) in [5.41, 5.74) is 0.440. The molecule has 0 aliphatic carbocycles. The maximum atomic E-state index is 14.5. The molecule has 0 radical (unpaired) electrons. The number of hydrogen-bond donors (Lipinski definition) is 1. The molecule has 0 saturated heterocycles. The molecule has 0 heterocycles. The molecule has 0 aromatic heterocycles. The van der Waals surface area contributed by atoms with Crippen LogP contribution in [0.3, 0.4) is 0 Å². The average molecular weight is 711 g/mol. The van der Waals surface area contributed by atoms with Crippen molar-refractivity contribution in [3.05, 3.63) is 70.2 Å². The van der Waals surface area contributed by atoms with Gasteiger partial charge >= 0.3 is 0 Å². The number of rotatable bonds is 16. The number of nitrogens with one attached hydrogen (secondary N) is 1. The summed E-state index contributed by atoms with van der Waals surface area (Å²) < 4.78 is 51.5. The van der Waals surface area contributed by atoms with Crippen molar-refractivity contribution in [3.63, 3.8) is 0 Å². The van der Waals surface area contributed by atoms with Gasteiger partial charge in [-0.1, -0.05) is 43.1 Å². The number of hydrogen-bond acceptors (Lipinski definition) is 8. The van der Waals surface area contributed by atoms with Crippen molar-refractivity contribution in [3.8, 4) is 23.0 Å². The molecule has 2 amide bonds. The van der Waals surface area contributed by atoms with Crippen LogP contribution in [-0.4, -0.2) is 72.2 Å². The Morgan fingerprint density at radius 2 is 1.45 bits per heavy atom. The lowest BCUT2D eigenvalue weighted by Gasteiger charge is -2.34. The number of anilines is 1. The first kappa shape index (κ1) is 37.6. The Hall–Kier alpha value is -3.87. The highest BCUT2D eigenvalue weighted by molar-refractivity contribution is 7.92. The lowest BCUT2D eigenvalue weighted by molar-refractivity contribution is -0.140. The zero-order valence-electron chi connectivity index (χ0n) is 27.5. The fourth-order valence-electron chi connectivity index (χ4n) is 4.82. The Kier molecular flexibility index (Phi) is 13.4. The van der Waals surface area contributed by atoms with Crippen LogP contribution in [0, 0.1) is 0 Å².